The minimum absolute atomic E-state index is 0.122. The Morgan fingerprint density at radius 3 is 2.83 bits per heavy atom. The van der Waals surface area contributed by atoms with Crippen LogP contribution >= 0.6 is 0 Å². The molecule has 1 unspecified atom stereocenters. The van der Waals surface area contributed by atoms with Gasteiger partial charge in [-0.2, -0.15) is 0 Å². The number of hydrogen-bond acceptors (Lipinski definition) is 4. The summed E-state index contributed by atoms with van der Waals surface area (Å²) in [5.41, 5.74) is 2.18. The van der Waals surface area contributed by atoms with E-state index in [0.717, 1.165) is 23.6 Å². The molecule has 0 aliphatic carbocycles. The highest BCUT2D eigenvalue weighted by Crippen LogP contribution is 2.27. The molecule has 23 heavy (non-hydrogen) atoms. The third-order valence-corrected chi connectivity index (χ3v) is 3.91. The SMILES string of the molecule is CN=C(NCc1nc(C)c(C)o1)NCC1Cc2ccccc2O1. The topological polar surface area (TPSA) is 71.7 Å². The number of nitrogens with zero attached hydrogens (tertiary/aromatic N) is 2. The number of aliphatic imine (C=N–C) groups is 1. The molecule has 1 aromatic carbocycles. The second-order valence-electron chi connectivity index (χ2n) is 5.61. The van der Waals surface area contributed by atoms with Crippen molar-refractivity contribution in [1.29, 1.82) is 0 Å². The lowest BCUT2D eigenvalue weighted by atomic mass is 10.1. The third-order valence-electron chi connectivity index (χ3n) is 3.91. The zero-order valence-corrected chi connectivity index (χ0v) is 13.7. The molecule has 2 N–H and O–H groups in total. The molecular formula is C17H22N4O2. The number of ether oxygens (including phenoxy) is 1. The number of rotatable bonds is 4. The molecule has 0 saturated carbocycles. The Morgan fingerprint density at radius 1 is 1.30 bits per heavy atom. The van der Waals surface area contributed by atoms with E-state index >= 15 is 0 Å². The van der Waals surface area contributed by atoms with Gasteiger partial charge >= 0.3 is 0 Å². The number of hydrogen-bond donors (Lipinski definition) is 2. The summed E-state index contributed by atoms with van der Waals surface area (Å²) in [6.45, 7) is 5.04. The van der Waals surface area contributed by atoms with Gasteiger partial charge in [0.15, 0.2) is 5.96 Å². The van der Waals surface area contributed by atoms with E-state index < -0.39 is 0 Å². The Bertz CT molecular complexity index is 664. The van der Waals surface area contributed by atoms with Gasteiger partial charge in [-0.15, -0.1) is 0 Å². The number of fused-ring (bicyclic) bond motifs is 1. The van der Waals surface area contributed by atoms with Gasteiger partial charge in [-0.05, 0) is 25.5 Å². The predicted molar refractivity (Wildman–Crippen MR) is 88.7 cm³/mol. The number of para-hydroxylation sites is 1. The zero-order valence-electron chi connectivity index (χ0n) is 13.7. The Balaban J connectivity index is 1.47. The summed E-state index contributed by atoms with van der Waals surface area (Å²) < 4.78 is 11.5. The van der Waals surface area contributed by atoms with Gasteiger partial charge in [-0.25, -0.2) is 4.98 Å². The van der Waals surface area contributed by atoms with E-state index in [1.165, 1.54) is 5.56 Å². The third kappa shape index (κ3) is 3.64. The van der Waals surface area contributed by atoms with E-state index in [1.54, 1.807) is 7.05 Å². The molecule has 0 spiro atoms. The molecule has 6 heteroatoms. The summed E-state index contributed by atoms with van der Waals surface area (Å²) in [6, 6.07) is 8.15. The molecule has 122 valence electrons. The van der Waals surface area contributed by atoms with Crippen LogP contribution in [0.3, 0.4) is 0 Å². The van der Waals surface area contributed by atoms with Crippen molar-refractivity contribution in [2.24, 2.45) is 4.99 Å². The van der Waals surface area contributed by atoms with Crippen LogP contribution in [0.4, 0.5) is 0 Å². The van der Waals surface area contributed by atoms with Crippen molar-refractivity contribution in [1.82, 2.24) is 15.6 Å². The van der Waals surface area contributed by atoms with E-state index in [-0.39, 0.29) is 6.10 Å². The molecule has 1 aromatic heterocycles. The van der Waals surface area contributed by atoms with Crippen LogP contribution in [0.25, 0.3) is 0 Å². The van der Waals surface area contributed by atoms with Crippen molar-refractivity contribution in [3.63, 3.8) is 0 Å². The van der Waals surface area contributed by atoms with Crippen LogP contribution in [0.1, 0.15) is 22.9 Å². The second-order valence-corrected chi connectivity index (χ2v) is 5.61. The molecule has 1 atom stereocenters. The zero-order chi connectivity index (χ0) is 16.2. The molecule has 2 aromatic rings. The quantitative estimate of drug-likeness (QED) is 0.667. The maximum absolute atomic E-state index is 5.91. The maximum Gasteiger partial charge on any atom is 0.214 e. The van der Waals surface area contributed by atoms with Gasteiger partial charge < -0.3 is 19.8 Å². The first-order chi connectivity index (χ1) is 11.2. The van der Waals surface area contributed by atoms with Gasteiger partial charge in [0.1, 0.15) is 17.6 Å². The maximum atomic E-state index is 5.91. The van der Waals surface area contributed by atoms with Crippen LogP contribution in [0.15, 0.2) is 33.7 Å². The van der Waals surface area contributed by atoms with Crippen LogP contribution in [0, 0.1) is 13.8 Å². The number of oxazole rings is 1. The molecule has 1 aliphatic rings. The normalized spacial score (nSPS) is 16.8. The van der Waals surface area contributed by atoms with E-state index in [4.69, 9.17) is 9.15 Å². The molecular weight excluding hydrogens is 292 g/mol. The summed E-state index contributed by atoms with van der Waals surface area (Å²) in [4.78, 5) is 8.56. The Kier molecular flexibility index (Phi) is 4.50. The van der Waals surface area contributed by atoms with Crippen molar-refractivity contribution in [2.75, 3.05) is 13.6 Å². The van der Waals surface area contributed by atoms with Crippen LogP contribution in [0.2, 0.25) is 0 Å². The number of aromatic nitrogens is 1. The van der Waals surface area contributed by atoms with Gasteiger partial charge in [0.25, 0.3) is 0 Å². The minimum Gasteiger partial charge on any atom is -0.488 e. The van der Waals surface area contributed by atoms with Crippen LogP contribution in [0.5, 0.6) is 5.75 Å². The van der Waals surface area contributed by atoms with Crippen molar-refractivity contribution in [3.05, 3.63) is 47.2 Å². The number of benzene rings is 1. The molecule has 0 bridgehead atoms. The first-order valence-electron chi connectivity index (χ1n) is 7.77. The van der Waals surface area contributed by atoms with Crippen molar-refractivity contribution < 1.29 is 9.15 Å². The van der Waals surface area contributed by atoms with E-state index in [9.17, 15) is 0 Å². The standard InChI is InChI=1S/C17H22N4O2/c1-11-12(2)22-16(21-11)10-20-17(18-3)19-9-14-8-13-6-4-5-7-15(13)23-14/h4-7,14H,8-10H2,1-3H3,(H2,18,19,20). The first-order valence-corrected chi connectivity index (χ1v) is 7.77. The van der Waals surface area contributed by atoms with Gasteiger partial charge in [-0.1, -0.05) is 18.2 Å². The van der Waals surface area contributed by atoms with E-state index in [1.807, 2.05) is 32.0 Å². The number of aryl methyl sites for hydroxylation is 2. The molecule has 0 radical (unpaired) electrons. The summed E-state index contributed by atoms with van der Waals surface area (Å²) in [6.07, 6.45) is 1.04. The Labute approximate surface area is 136 Å². The fourth-order valence-electron chi connectivity index (χ4n) is 2.57. The lowest BCUT2D eigenvalue weighted by Gasteiger charge is -2.14. The van der Waals surface area contributed by atoms with Crippen molar-refractivity contribution in [3.8, 4) is 5.75 Å². The van der Waals surface area contributed by atoms with Crippen molar-refractivity contribution >= 4 is 5.96 Å². The minimum atomic E-state index is 0.122. The summed E-state index contributed by atoms with van der Waals surface area (Å²) in [7, 11) is 1.74. The number of guanidine groups is 1. The lowest BCUT2D eigenvalue weighted by Crippen LogP contribution is -2.42. The highest BCUT2D eigenvalue weighted by molar-refractivity contribution is 5.79. The fraction of sp³-hybridized carbons (Fsp3) is 0.412. The predicted octanol–water partition coefficient (Wildman–Crippen LogP) is 1.96. The largest absolute Gasteiger partial charge is 0.488 e. The average molecular weight is 314 g/mol. The van der Waals surface area contributed by atoms with E-state index in [2.05, 4.69) is 26.7 Å². The smallest absolute Gasteiger partial charge is 0.214 e. The van der Waals surface area contributed by atoms with Gasteiger partial charge in [0, 0.05) is 13.5 Å². The molecule has 2 heterocycles. The Morgan fingerprint density at radius 2 is 2.13 bits per heavy atom. The summed E-state index contributed by atoms with van der Waals surface area (Å²) in [5.74, 6) is 3.19. The molecule has 3 rings (SSSR count). The van der Waals surface area contributed by atoms with E-state index in [0.29, 0.717) is 24.9 Å². The van der Waals surface area contributed by atoms with Gasteiger partial charge in [0.2, 0.25) is 5.89 Å². The van der Waals surface area contributed by atoms with Gasteiger partial charge in [0.05, 0.1) is 18.8 Å². The van der Waals surface area contributed by atoms with Crippen molar-refractivity contribution in [2.45, 2.75) is 32.9 Å². The van der Waals surface area contributed by atoms with Crippen LogP contribution < -0.4 is 15.4 Å². The molecule has 0 saturated heterocycles. The molecule has 0 fully saturated rings. The fourth-order valence-corrected chi connectivity index (χ4v) is 2.57. The first kappa shape index (κ1) is 15.4. The number of nitrogens with one attached hydrogen (secondary N) is 2. The van der Waals surface area contributed by atoms with Crippen LogP contribution in [-0.2, 0) is 13.0 Å². The average Bonchev–Trinajstić information content (AvgIpc) is 3.10. The molecule has 6 nitrogen and oxygen atoms in total. The van der Waals surface area contributed by atoms with Crippen LogP contribution in [-0.4, -0.2) is 30.6 Å². The summed E-state index contributed by atoms with van der Waals surface area (Å²) >= 11 is 0. The monoisotopic (exact) mass is 314 g/mol. The van der Waals surface area contributed by atoms with Gasteiger partial charge in [-0.3, -0.25) is 4.99 Å². The lowest BCUT2D eigenvalue weighted by molar-refractivity contribution is 0.235. The highest BCUT2D eigenvalue weighted by atomic mass is 16.5. The molecule has 0 amide bonds. The highest BCUT2D eigenvalue weighted by Gasteiger charge is 2.22. The second kappa shape index (κ2) is 6.73. The molecule has 1 aliphatic heterocycles. The summed E-state index contributed by atoms with van der Waals surface area (Å²) in [5, 5.41) is 6.48. The Hall–Kier alpha value is -2.50.